The summed E-state index contributed by atoms with van der Waals surface area (Å²) in [5.41, 5.74) is 1.03. The van der Waals surface area contributed by atoms with Gasteiger partial charge in [-0.05, 0) is 48.9 Å². The fourth-order valence-corrected chi connectivity index (χ4v) is 2.07. The number of aromatic nitrogens is 1. The lowest BCUT2D eigenvalue weighted by atomic mass is 9.98. The largest absolute Gasteiger partial charge is 0.416 e. The molecule has 0 saturated heterocycles. The predicted octanol–water partition coefficient (Wildman–Crippen LogP) is 3.60. The maximum atomic E-state index is 12.7. The summed E-state index contributed by atoms with van der Waals surface area (Å²) in [4.78, 5) is 3.93. The molecular weight excluding hydrogens is 265 g/mol. The van der Waals surface area contributed by atoms with Crippen molar-refractivity contribution in [2.45, 2.75) is 18.6 Å². The van der Waals surface area contributed by atoms with Crippen molar-refractivity contribution in [3.63, 3.8) is 0 Å². The summed E-state index contributed by atoms with van der Waals surface area (Å²) in [6.45, 7) is 0. The Kier molecular flexibility index (Phi) is 4.39. The van der Waals surface area contributed by atoms with E-state index in [9.17, 15) is 13.2 Å². The predicted molar refractivity (Wildman–Crippen MR) is 71.2 cm³/mol. The molecule has 2 rings (SSSR count). The first-order valence-electron chi connectivity index (χ1n) is 6.24. The Bertz CT molecular complexity index is 553. The summed E-state index contributed by atoms with van der Waals surface area (Å²) in [6, 6.07) is 8.98. The lowest BCUT2D eigenvalue weighted by molar-refractivity contribution is -0.137. The average Bonchev–Trinajstić information content (AvgIpc) is 2.45. The maximum Gasteiger partial charge on any atom is 0.416 e. The highest BCUT2D eigenvalue weighted by molar-refractivity contribution is 5.29. The van der Waals surface area contributed by atoms with Crippen LogP contribution in [0.25, 0.3) is 0 Å². The Labute approximate surface area is 115 Å². The fourth-order valence-electron chi connectivity index (χ4n) is 2.07. The second kappa shape index (κ2) is 6.05. The van der Waals surface area contributed by atoms with Crippen LogP contribution in [0, 0.1) is 0 Å². The molecule has 2 nitrogen and oxygen atoms in total. The molecule has 0 saturated carbocycles. The van der Waals surface area contributed by atoms with E-state index in [2.05, 4.69) is 10.3 Å². The fraction of sp³-hybridized carbons (Fsp3) is 0.267. The minimum Gasteiger partial charge on any atom is -0.313 e. The third kappa shape index (κ3) is 3.57. The van der Waals surface area contributed by atoms with Gasteiger partial charge in [-0.25, -0.2) is 0 Å². The van der Waals surface area contributed by atoms with Crippen LogP contribution in [0.2, 0.25) is 0 Å². The molecule has 1 aromatic carbocycles. The molecule has 0 fully saturated rings. The molecule has 1 unspecified atom stereocenters. The first kappa shape index (κ1) is 14.5. The third-order valence-corrected chi connectivity index (χ3v) is 3.15. The van der Waals surface area contributed by atoms with Crippen molar-refractivity contribution >= 4 is 0 Å². The van der Waals surface area contributed by atoms with E-state index in [1.54, 1.807) is 25.5 Å². The molecule has 0 bridgehead atoms. The van der Waals surface area contributed by atoms with Gasteiger partial charge in [0.2, 0.25) is 0 Å². The van der Waals surface area contributed by atoms with Crippen LogP contribution >= 0.6 is 0 Å². The number of hydrogen-bond donors (Lipinski definition) is 1. The van der Waals surface area contributed by atoms with E-state index < -0.39 is 11.7 Å². The van der Waals surface area contributed by atoms with Gasteiger partial charge in [-0.15, -0.1) is 0 Å². The summed E-state index contributed by atoms with van der Waals surface area (Å²) >= 11 is 0. The van der Waals surface area contributed by atoms with Crippen LogP contribution in [0.3, 0.4) is 0 Å². The van der Waals surface area contributed by atoms with Crippen LogP contribution < -0.4 is 5.32 Å². The van der Waals surface area contributed by atoms with E-state index in [0.717, 1.165) is 11.6 Å². The Hall–Kier alpha value is -1.88. The number of nitrogens with zero attached hydrogens (tertiary/aromatic N) is 1. The summed E-state index contributed by atoms with van der Waals surface area (Å²) in [6.07, 6.45) is -0.353. The second-order valence-electron chi connectivity index (χ2n) is 4.52. The van der Waals surface area contributed by atoms with Crippen LogP contribution in [0.1, 0.15) is 22.7 Å². The highest BCUT2D eigenvalue weighted by Gasteiger charge is 2.30. The number of likely N-dealkylation sites (N-methyl/N-ethyl adjacent to an activating group) is 1. The number of benzene rings is 1. The second-order valence-corrected chi connectivity index (χ2v) is 4.52. The number of rotatable bonds is 4. The topological polar surface area (TPSA) is 24.9 Å². The van der Waals surface area contributed by atoms with Crippen LogP contribution in [0.4, 0.5) is 13.2 Å². The van der Waals surface area contributed by atoms with Crippen LogP contribution in [0.15, 0.2) is 48.8 Å². The van der Waals surface area contributed by atoms with E-state index in [1.165, 1.54) is 12.1 Å². The van der Waals surface area contributed by atoms with Crippen molar-refractivity contribution in [1.29, 1.82) is 0 Å². The van der Waals surface area contributed by atoms with Crippen LogP contribution in [0.5, 0.6) is 0 Å². The highest BCUT2D eigenvalue weighted by atomic mass is 19.4. The van der Waals surface area contributed by atoms with Gasteiger partial charge in [-0.2, -0.15) is 13.2 Å². The number of halogens is 3. The minimum absolute atomic E-state index is 0.167. The Morgan fingerprint density at radius 3 is 2.45 bits per heavy atom. The molecule has 0 aliphatic rings. The maximum absolute atomic E-state index is 12.7. The van der Waals surface area contributed by atoms with Crippen molar-refractivity contribution in [1.82, 2.24) is 10.3 Å². The van der Waals surface area contributed by atoms with Crippen molar-refractivity contribution in [3.8, 4) is 0 Å². The van der Waals surface area contributed by atoms with E-state index >= 15 is 0 Å². The lowest BCUT2D eigenvalue weighted by Gasteiger charge is -2.18. The molecule has 0 aliphatic heterocycles. The Balaban J connectivity index is 2.24. The molecule has 1 atom stereocenters. The molecule has 0 amide bonds. The van der Waals surface area contributed by atoms with E-state index in [0.29, 0.717) is 12.0 Å². The molecule has 0 spiro atoms. The summed E-state index contributed by atoms with van der Waals surface area (Å²) in [5, 5.41) is 3.06. The first-order chi connectivity index (χ1) is 9.50. The van der Waals surface area contributed by atoms with Crippen LogP contribution in [-0.4, -0.2) is 12.0 Å². The lowest BCUT2D eigenvalue weighted by Crippen LogP contribution is -2.19. The Morgan fingerprint density at radius 1 is 1.15 bits per heavy atom. The number of alkyl halides is 3. The smallest absolute Gasteiger partial charge is 0.313 e. The molecule has 1 heterocycles. The molecule has 0 radical (unpaired) electrons. The van der Waals surface area contributed by atoms with Crippen molar-refractivity contribution in [3.05, 3.63) is 65.5 Å². The van der Waals surface area contributed by atoms with E-state index in [4.69, 9.17) is 0 Å². The standard InChI is InChI=1S/C15H15F3N2/c1-19-14(9-11-5-7-20-8-6-11)12-3-2-4-13(10-12)15(16,17)18/h2-8,10,14,19H,9H2,1H3. The van der Waals surface area contributed by atoms with Crippen molar-refractivity contribution in [2.24, 2.45) is 0 Å². The quantitative estimate of drug-likeness (QED) is 0.925. The SMILES string of the molecule is CNC(Cc1ccncc1)c1cccc(C(F)(F)F)c1. The third-order valence-electron chi connectivity index (χ3n) is 3.15. The van der Waals surface area contributed by atoms with Gasteiger partial charge in [0.05, 0.1) is 5.56 Å². The molecule has 1 N–H and O–H groups in total. The van der Waals surface area contributed by atoms with Crippen molar-refractivity contribution < 1.29 is 13.2 Å². The van der Waals surface area contributed by atoms with Crippen molar-refractivity contribution in [2.75, 3.05) is 7.05 Å². The molecular formula is C15H15F3N2. The van der Waals surface area contributed by atoms with Gasteiger partial charge in [-0.1, -0.05) is 12.1 Å². The Morgan fingerprint density at radius 2 is 1.85 bits per heavy atom. The zero-order chi connectivity index (χ0) is 14.6. The molecule has 106 valence electrons. The zero-order valence-electron chi connectivity index (χ0n) is 11.0. The number of hydrogen-bond acceptors (Lipinski definition) is 2. The summed E-state index contributed by atoms with van der Waals surface area (Å²) in [7, 11) is 1.74. The molecule has 2 aromatic rings. The highest BCUT2D eigenvalue weighted by Crippen LogP contribution is 2.31. The summed E-state index contributed by atoms with van der Waals surface area (Å²) < 4.78 is 38.2. The van der Waals surface area contributed by atoms with E-state index in [-0.39, 0.29) is 6.04 Å². The van der Waals surface area contributed by atoms with Gasteiger partial charge in [0.1, 0.15) is 0 Å². The first-order valence-corrected chi connectivity index (χ1v) is 6.24. The van der Waals surface area contributed by atoms with Gasteiger partial charge in [0, 0.05) is 18.4 Å². The normalized spacial score (nSPS) is 13.2. The average molecular weight is 280 g/mol. The molecule has 1 aromatic heterocycles. The van der Waals surface area contributed by atoms with Gasteiger partial charge < -0.3 is 5.32 Å². The van der Waals surface area contributed by atoms with Gasteiger partial charge in [0.15, 0.2) is 0 Å². The van der Waals surface area contributed by atoms with Gasteiger partial charge >= 0.3 is 6.18 Å². The molecule has 5 heteroatoms. The van der Waals surface area contributed by atoms with Gasteiger partial charge in [-0.3, -0.25) is 4.98 Å². The summed E-state index contributed by atoms with van der Waals surface area (Å²) in [5.74, 6) is 0. The molecule has 20 heavy (non-hydrogen) atoms. The van der Waals surface area contributed by atoms with Crippen LogP contribution in [-0.2, 0) is 12.6 Å². The van der Waals surface area contributed by atoms with Gasteiger partial charge in [0.25, 0.3) is 0 Å². The zero-order valence-corrected chi connectivity index (χ0v) is 11.0. The number of nitrogens with one attached hydrogen (secondary N) is 1. The molecule has 0 aliphatic carbocycles. The monoisotopic (exact) mass is 280 g/mol. The van der Waals surface area contributed by atoms with E-state index in [1.807, 2.05) is 12.1 Å². The number of pyridine rings is 1. The minimum atomic E-state index is -4.31.